The molecule has 0 fully saturated rings. The third kappa shape index (κ3) is 9.76. The molecule has 0 aliphatic rings. The summed E-state index contributed by atoms with van der Waals surface area (Å²) in [5, 5.41) is 10.4. The molecule has 0 amide bonds. The summed E-state index contributed by atoms with van der Waals surface area (Å²) in [6, 6.07) is 20.4. The lowest BCUT2D eigenvalue weighted by molar-refractivity contribution is -0.113. The minimum absolute atomic E-state index is 0.0951. The summed E-state index contributed by atoms with van der Waals surface area (Å²) in [4.78, 5) is 17.6. The SMILES string of the molecule is CCCCOCCOc1ccc(-c2ccc(O)c(/C=C/C(=O)Cc3ccc([S@@](=O)Cc4cncn4CCC)cc3)c2)cc1. The zero-order valence-electron chi connectivity index (χ0n) is 24.9. The van der Waals surface area contributed by atoms with E-state index in [4.69, 9.17) is 9.47 Å². The molecule has 4 rings (SSSR count). The highest BCUT2D eigenvalue weighted by atomic mass is 32.2. The van der Waals surface area contributed by atoms with Crippen LogP contribution in [0.3, 0.4) is 0 Å². The molecule has 0 radical (unpaired) electrons. The van der Waals surface area contributed by atoms with Gasteiger partial charge in [-0.1, -0.05) is 50.6 Å². The quantitative estimate of drug-likeness (QED) is 0.104. The van der Waals surface area contributed by atoms with Crippen LogP contribution in [0.1, 0.15) is 49.9 Å². The van der Waals surface area contributed by atoms with Gasteiger partial charge in [-0.2, -0.15) is 0 Å². The molecule has 1 aromatic heterocycles. The average molecular weight is 601 g/mol. The summed E-state index contributed by atoms with van der Waals surface area (Å²) in [5.41, 5.74) is 4.23. The highest BCUT2D eigenvalue weighted by Crippen LogP contribution is 2.28. The van der Waals surface area contributed by atoms with Crippen molar-refractivity contribution in [1.29, 1.82) is 0 Å². The second kappa shape index (κ2) is 16.6. The molecule has 0 aliphatic carbocycles. The van der Waals surface area contributed by atoms with Crippen LogP contribution in [-0.4, -0.2) is 44.5 Å². The lowest BCUT2D eigenvalue weighted by atomic mass is 10.0. The van der Waals surface area contributed by atoms with E-state index in [1.807, 2.05) is 65.2 Å². The molecule has 0 saturated heterocycles. The molecule has 0 bridgehead atoms. The van der Waals surface area contributed by atoms with Gasteiger partial charge in [0.05, 0.1) is 35.2 Å². The number of aromatic hydroxyl groups is 1. The zero-order valence-corrected chi connectivity index (χ0v) is 25.7. The van der Waals surface area contributed by atoms with Crippen molar-refractivity contribution in [3.8, 4) is 22.6 Å². The summed E-state index contributed by atoms with van der Waals surface area (Å²) >= 11 is 0. The van der Waals surface area contributed by atoms with E-state index < -0.39 is 10.8 Å². The van der Waals surface area contributed by atoms with Crippen molar-refractivity contribution < 1.29 is 23.6 Å². The number of ketones is 1. The minimum atomic E-state index is -1.20. The van der Waals surface area contributed by atoms with Gasteiger partial charge in [-0.05, 0) is 78.1 Å². The van der Waals surface area contributed by atoms with Gasteiger partial charge in [0.15, 0.2) is 5.78 Å². The maximum absolute atomic E-state index is 12.9. The van der Waals surface area contributed by atoms with Gasteiger partial charge in [-0.25, -0.2) is 4.98 Å². The number of carbonyl (C=O) groups is 1. The Balaban J connectivity index is 1.31. The molecule has 0 spiro atoms. The Morgan fingerprint density at radius 3 is 2.47 bits per heavy atom. The molecule has 8 heteroatoms. The first kappa shape index (κ1) is 31.9. The van der Waals surface area contributed by atoms with Gasteiger partial charge in [-0.15, -0.1) is 0 Å². The van der Waals surface area contributed by atoms with Gasteiger partial charge in [0, 0.05) is 36.2 Å². The number of rotatable bonds is 17. The Kier molecular flexibility index (Phi) is 12.3. The van der Waals surface area contributed by atoms with Crippen LogP contribution in [0.5, 0.6) is 11.5 Å². The molecule has 0 saturated carbocycles. The second-order valence-corrected chi connectivity index (χ2v) is 11.8. The van der Waals surface area contributed by atoms with E-state index in [-0.39, 0.29) is 18.0 Å². The number of aromatic nitrogens is 2. The van der Waals surface area contributed by atoms with Crippen LogP contribution in [0, 0.1) is 0 Å². The Hall–Kier alpha value is -4.01. The Morgan fingerprint density at radius 1 is 0.953 bits per heavy atom. The maximum atomic E-state index is 12.9. The van der Waals surface area contributed by atoms with Crippen LogP contribution in [0.25, 0.3) is 17.2 Å². The largest absolute Gasteiger partial charge is 0.507 e. The molecule has 1 N–H and O–H groups in total. The first-order valence-corrected chi connectivity index (χ1v) is 16.1. The van der Waals surface area contributed by atoms with Crippen molar-refractivity contribution in [3.63, 3.8) is 0 Å². The first-order valence-electron chi connectivity index (χ1n) is 14.8. The Morgan fingerprint density at radius 2 is 1.72 bits per heavy atom. The van der Waals surface area contributed by atoms with Crippen LogP contribution in [0.15, 0.2) is 90.2 Å². The van der Waals surface area contributed by atoms with Crippen LogP contribution in [-0.2, 0) is 39.0 Å². The summed E-state index contributed by atoms with van der Waals surface area (Å²) in [5.74, 6) is 1.17. The summed E-state index contributed by atoms with van der Waals surface area (Å²) < 4.78 is 26.2. The molecule has 226 valence electrons. The molecule has 4 aromatic rings. The van der Waals surface area contributed by atoms with Crippen molar-refractivity contribution in [2.75, 3.05) is 19.8 Å². The van der Waals surface area contributed by atoms with Gasteiger partial charge in [0.25, 0.3) is 0 Å². The fourth-order valence-corrected chi connectivity index (χ4v) is 5.62. The number of ether oxygens (including phenoxy) is 2. The predicted octanol–water partition coefficient (Wildman–Crippen LogP) is 6.99. The molecule has 1 atom stereocenters. The highest BCUT2D eigenvalue weighted by molar-refractivity contribution is 7.84. The normalized spacial score (nSPS) is 12.0. The van der Waals surface area contributed by atoms with E-state index in [2.05, 4.69) is 18.8 Å². The van der Waals surface area contributed by atoms with Gasteiger partial charge in [-0.3, -0.25) is 9.00 Å². The standard InChI is InChI=1S/C35H40N2O5S/c1-3-5-19-41-20-21-42-33-13-9-28(10-14-33)29-11-17-35(39)30(23-29)8-12-32(38)22-27-6-15-34(16-7-27)43(40)25-31-24-36-26-37(31)18-4-2/h6-17,23-24,26,39H,3-5,18-22,25H2,1-2H3/b12-8+/t43-/m0/s1. The van der Waals surface area contributed by atoms with Crippen molar-refractivity contribution >= 4 is 22.7 Å². The minimum Gasteiger partial charge on any atom is -0.507 e. The van der Waals surface area contributed by atoms with Gasteiger partial charge in [0.1, 0.15) is 18.1 Å². The fraction of sp³-hybridized carbons (Fsp3) is 0.314. The number of aryl methyl sites for hydroxylation is 1. The van der Waals surface area contributed by atoms with E-state index in [1.165, 1.54) is 6.08 Å². The van der Waals surface area contributed by atoms with E-state index in [0.29, 0.717) is 29.4 Å². The molecule has 1 heterocycles. The first-order chi connectivity index (χ1) is 21.0. The number of allylic oxidation sites excluding steroid dienone is 1. The molecule has 3 aromatic carbocycles. The van der Waals surface area contributed by atoms with Gasteiger partial charge >= 0.3 is 0 Å². The van der Waals surface area contributed by atoms with E-state index in [9.17, 15) is 14.1 Å². The van der Waals surface area contributed by atoms with Crippen LogP contribution < -0.4 is 4.74 Å². The number of phenols is 1. The van der Waals surface area contributed by atoms with Crippen LogP contribution in [0.2, 0.25) is 0 Å². The van der Waals surface area contributed by atoms with Crippen molar-refractivity contribution in [2.45, 2.75) is 56.7 Å². The third-order valence-electron chi connectivity index (χ3n) is 6.91. The molecule has 0 aliphatic heterocycles. The Bertz CT molecular complexity index is 1510. The van der Waals surface area contributed by atoms with Gasteiger partial charge in [0.2, 0.25) is 0 Å². The monoisotopic (exact) mass is 600 g/mol. The average Bonchev–Trinajstić information content (AvgIpc) is 3.45. The maximum Gasteiger partial charge on any atom is 0.160 e. The number of benzene rings is 3. The molecule has 43 heavy (non-hydrogen) atoms. The number of hydrogen-bond donors (Lipinski definition) is 1. The summed E-state index contributed by atoms with van der Waals surface area (Å²) in [7, 11) is -1.20. The smallest absolute Gasteiger partial charge is 0.160 e. The number of unbranched alkanes of at least 4 members (excludes halogenated alkanes) is 1. The lowest BCUT2D eigenvalue weighted by Crippen LogP contribution is -2.07. The number of imidazole rings is 1. The topological polar surface area (TPSA) is 90.7 Å². The predicted molar refractivity (Wildman–Crippen MR) is 172 cm³/mol. The van der Waals surface area contributed by atoms with Crippen molar-refractivity contribution in [1.82, 2.24) is 9.55 Å². The summed E-state index contributed by atoms with van der Waals surface area (Å²) in [6.07, 6.45) is 10.0. The summed E-state index contributed by atoms with van der Waals surface area (Å²) in [6.45, 7) is 6.90. The Labute approximate surface area is 256 Å². The lowest BCUT2D eigenvalue weighted by Gasteiger charge is -2.09. The van der Waals surface area contributed by atoms with E-state index in [1.54, 1.807) is 24.7 Å². The zero-order chi connectivity index (χ0) is 30.4. The van der Waals surface area contributed by atoms with E-state index in [0.717, 1.165) is 60.5 Å². The molecule has 0 unspecified atom stereocenters. The van der Waals surface area contributed by atoms with Crippen LogP contribution >= 0.6 is 0 Å². The van der Waals surface area contributed by atoms with Crippen molar-refractivity contribution in [3.05, 3.63) is 102 Å². The number of hydrogen-bond acceptors (Lipinski definition) is 6. The molecule has 7 nitrogen and oxygen atoms in total. The molecular formula is C35H40N2O5S. The number of phenolic OH excluding ortho intramolecular Hbond substituents is 1. The van der Waals surface area contributed by atoms with Gasteiger partial charge < -0.3 is 19.1 Å². The number of nitrogens with zero attached hydrogens (tertiary/aromatic N) is 2. The highest BCUT2D eigenvalue weighted by Gasteiger charge is 2.10. The van der Waals surface area contributed by atoms with E-state index >= 15 is 0 Å². The fourth-order valence-electron chi connectivity index (χ4n) is 4.51. The number of carbonyl (C=O) groups excluding carboxylic acids is 1. The third-order valence-corrected chi connectivity index (χ3v) is 8.27. The van der Waals surface area contributed by atoms with Crippen molar-refractivity contribution in [2.24, 2.45) is 0 Å². The van der Waals surface area contributed by atoms with Crippen LogP contribution in [0.4, 0.5) is 0 Å². The second-order valence-electron chi connectivity index (χ2n) is 10.3. The molecular weight excluding hydrogens is 560 g/mol.